The van der Waals surface area contributed by atoms with Crippen LogP contribution in [0.4, 0.5) is 10.5 Å². The summed E-state index contributed by atoms with van der Waals surface area (Å²) in [6.07, 6.45) is 1.53. The van der Waals surface area contributed by atoms with Crippen LogP contribution in [0.5, 0.6) is 0 Å². The fourth-order valence-electron chi connectivity index (χ4n) is 2.26. The number of amides is 1. The number of carbonyl (C=O) groups excluding carboxylic acids is 1. The summed E-state index contributed by atoms with van der Waals surface area (Å²) in [5.74, 6) is 0. The molecule has 0 aliphatic carbocycles. The number of nitrogens with one attached hydrogen (secondary N) is 1. The lowest BCUT2D eigenvalue weighted by molar-refractivity contribution is 0.181. The molecule has 3 rings (SSSR count). The van der Waals surface area contributed by atoms with Crippen molar-refractivity contribution in [2.45, 2.75) is 13.1 Å². The van der Waals surface area contributed by atoms with Crippen molar-refractivity contribution in [2.24, 2.45) is 0 Å². The van der Waals surface area contributed by atoms with E-state index in [9.17, 15) is 4.79 Å². The second kappa shape index (κ2) is 6.37. The highest BCUT2D eigenvalue weighted by Gasteiger charge is 2.23. The molecule has 5 heteroatoms. The largest absolute Gasteiger partial charge is 0.447 e. The number of aromatic nitrogens is 1. The second-order valence-corrected chi connectivity index (χ2v) is 4.86. The van der Waals surface area contributed by atoms with Gasteiger partial charge in [-0.15, -0.1) is 0 Å². The van der Waals surface area contributed by atoms with Gasteiger partial charge in [-0.05, 0) is 29.8 Å². The molecule has 1 N–H and O–H groups in total. The van der Waals surface area contributed by atoms with Gasteiger partial charge in [0.15, 0.2) is 0 Å². The quantitative estimate of drug-likeness (QED) is 0.915. The molecule has 0 atom stereocenters. The van der Waals surface area contributed by atoms with E-state index in [4.69, 9.17) is 4.74 Å². The van der Waals surface area contributed by atoms with Gasteiger partial charge in [0.2, 0.25) is 0 Å². The van der Waals surface area contributed by atoms with Crippen LogP contribution in [0.1, 0.15) is 11.3 Å². The van der Waals surface area contributed by atoms with Gasteiger partial charge in [-0.2, -0.15) is 0 Å². The highest BCUT2D eigenvalue weighted by Crippen LogP contribution is 2.19. The number of anilines is 1. The lowest BCUT2D eigenvalue weighted by Gasteiger charge is -2.13. The Morgan fingerprint density at radius 2 is 2.00 bits per heavy atom. The van der Waals surface area contributed by atoms with Gasteiger partial charge < -0.3 is 10.1 Å². The lowest BCUT2D eigenvalue weighted by Crippen LogP contribution is -2.23. The minimum Gasteiger partial charge on any atom is -0.447 e. The zero-order chi connectivity index (χ0) is 14.5. The normalized spacial score (nSPS) is 14.3. The van der Waals surface area contributed by atoms with E-state index in [0.29, 0.717) is 13.2 Å². The molecule has 2 heterocycles. The molecular weight excluding hydrogens is 266 g/mol. The Labute approximate surface area is 123 Å². The van der Waals surface area contributed by atoms with Crippen LogP contribution in [0.3, 0.4) is 0 Å². The molecule has 0 bridgehead atoms. The van der Waals surface area contributed by atoms with Crippen molar-refractivity contribution < 1.29 is 9.53 Å². The SMILES string of the molecule is O=C1OCCN1c1ccc(CNCc2ccccn2)cc1. The van der Waals surface area contributed by atoms with Gasteiger partial charge in [-0.3, -0.25) is 9.88 Å². The Bertz CT molecular complexity index is 599. The first-order valence-corrected chi connectivity index (χ1v) is 6.97. The molecular formula is C16H17N3O2. The Morgan fingerprint density at radius 1 is 1.14 bits per heavy atom. The van der Waals surface area contributed by atoms with Crippen molar-refractivity contribution in [2.75, 3.05) is 18.1 Å². The van der Waals surface area contributed by atoms with Gasteiger partial charge in [-0.25, -0.2) is 4.79 Å². The molecule has 21 heavy (non-hydrogen) atoms. The van der Waals surface area contributed by atoms with Crippen LogP contribution in [-0.2, 0) is 17.8 Å². The molecule has 5 nitrogen and oxygen atoms in total. The van der Waals surface area contributed by atoms with Crippen molar-refractivity contribution in [1.29, 1.82) is 0 Å². The van der Waals surface area contributed by atoms with Crippen LogP contribution in [0.2, 0.25) is 0 Å². The number of hydrogen-bond donors (Lipinski definition) is 1. The topological polar surface area (TPSA) is 54.5 Å². The smallest absolute Gasteiger partial charge is 0.414 e. The van der Waals surface area contributed by atoms with Crippen molar-refractivity contribution in [3.05, 3.63) is 59.9 Å². The Morgan fingerprint density at radius 3 is 2.67 bits per heavy atom. The van der Waals surface area contributed by atoms with Crippen LogP contribution in [0.15, 0.2) is 48.7 Å². The van der Waals surface area contributed by atoms with Crippen LogP contribution >= 0.6 is 0 Å². The minimum atomic E-state index is -0.268. The Kier molecular flexibility index (Phi) is 4.12. The number of nitrogens with zero attached hydrogens (tertiary/aromatic N) is 2. The number of ether oxygens (including phenoxy) is 1. The van der Waals surface area contributed by atoms with E-state index in [-0.39, 0.29) is 6.09 Å². The van der Waals surface area contributed by atoms with Crippen molar-refractivity contribution in [3.8, 4) is 0 Å². The molecule has 1 aromatic carbocycles. The number of pyridine rings is 1. The molecule has 0 unspecified atom stereocenters. The van der Waals surface area contributed by atoms with E-state index < -0.39 is 0 Å². The molecule has 2 aromatic rings. The molecule has 1 amide bonds. The van der Waals surface area contributed by atoms with Crippen LogP contribution in [0.25, 0.3) is 0 Å². The maximum absolute atomic E-state index is 11.5. The summed E-state index contributed by atoms with van der Waals surface area (Å²) < 4.78 is 4.93. The van der Waals surface area contributed by atoms with Crippen LogP contribution in [-0.4, -0.2) is 24.2 Å². The Hall–Kier alpha value is -2.40. The maximum Gasteiger partial charge on any atom is 0.414 e. The average Bonchev–Trinajstić information content (AvgIpc) is 2.95. The van der Waals surface area contributed by atoms with Crippen molar-refractivity contribution in [1.82, 2.24) is 10.3 Å². The van der Waals surface area contributed by atoms with Gasteiger partial charge in [0.05, 0.1) is 12.2 Å². The summed E-state index contributed by atoms with van der Waals surface area (Å²) in [4.78, 5) is 17.4. The van der Waals surface area contributed by atoms with E-state index in [1.807, 2.05) is 42.5 Å². The average molecular weight is 283 g/mol. The third-order valence-corrected chi connectivity index (χ3v) is 3.37. The monoisotopic (exact) mass is 283 g/mol. The standard InChI is InChI=1S/C16H17N3O2/c20-16-19(9-10-21-16)15-6-4-13(5-7-15)11-17-12-14-3-1-2-8-18-14/h1-8,17H,9-12H2. The first-order valence-electron chi connectivity index (χ1n) is 6.97. The summed E-state index contributed by atoms with van der Waals surface area (Å²) in [5.41, 5.74) is 3.07. The molecule has 1 aliphatic heterocycles. The molecule has 1 aromatic heterocycles. The Balaban J connectivity index is 1.54. The molecule has 1 saturated heterocycles. The van der Waals surface area contributed by atoms with Crippen LogP contribution in [0, 0.1) is 0 Å². The first kappa shape index (κ1) is 13.6. The van der Waals surface area contributed by atoms with E-state index >= 15 is 0 Å². The highest BCUT2D eigenvalue weighted by atomic mass is 16.6. The second-order valence-electron chi connectivity index (χ2n) is 4.86. The predicted octanol–water partition coefficient (Wildman–Crippen LogP) is 2.33. The fraction of sp³-hybridized carbons (Fsp3) is 0.250. The number of benzene rings is 1. The molecule has 0 saturated carbocycles. The maximum atomic E-state index is 11.5. The van der Waals surface area contributed by atoms with Gasteiger partial charge >= 0.3 is 6.09 Å². The van der Waals surface area contributed by atoms with Crippen molar-refractivity contribution in [3.63, 3.8) is 0 Å². The van der Waals surface area contributed by atoms with Crippen molar-refractivity contribution >= 4 is 11.8 Å². The van der Waals surface area contributed by atoms with Gasteiger partial charge in [0, 0.05) is 25.0 Å². The van der Waals surface area contributed by atoms with E-state index in [1.54, 1.807) is 11.1 Å². The van der Waals surface area contributed by atoms with E-state index in [2.05, 4.69) is 10.3 Å². The number of carbonyl (C=O) groups is 1. The number of cyclic esters (lactones) is 1. The summed E-state index contributed by atoms with van der Waals surface area (Å²) in [6.45, 7) is 2.59. The lowest BCUT2D eigenvalue weighted by atomic mass is 10.2. The minimum absolute atomic E-state index is 0.268. The molecule has 1 fully saturated rings. The highest BCUT2D eigenvalue weighted by molar-refractivity contribution is 5.89. The van der Waals surface area contributed by atoms with Crippen LogP contribution < -0.4 is 10.2 Å². The summed E-state index contributed by atoms with van der Waals surface area (Å²) in [7, 11) is 0. The molecule has 1 aliphatic rings. The summed E-state index contributed by atoms with van der Waals surface area (Å²) in [6, 6.07) is 13.8. The number of hydrogen-bond acceptors (Lipinski definition) is 4. The molecule has 0 radical (unpaired) electrons. The first-order chi connectivity index (χ1) is 10.3. The zero-order valence-corrected chi connectivity index (χ0v) is 11.7. The summed E-state index contributed by atoms with van der Waals surface area (Å²) >= 11 is 0. The van der Waals surface area contributed by atoms with E-state index in [1.165, 1.54) is 5.56 Å². The third kappa shape index (κ3) is 3.38. The zero-order valence-electron chi connectivity index (χ0n) is 11.7. The third-order valence-electron chi connectivity index (χ3n) is 3.37. The molecule has 0 spiro atoms. The predicted molar refractivity (Wildman–Crippen MR) is 79.9 cm³/mol. The molecule has 108 valence electrons. The van der Waals surface area contributed by atoms with Gasteiger partial charge in [-0.1, -0.05) is 18.2 Å². The van der Waals surface area contributed by atoms with Gasteiger partial charge in [0.1, 0.15) is 6.61 Å². The number of rotatable bonds is 5. The summed E-state index contributed by atoms with van der Waals surface area (Å²) in [5, 5.41) is 3.35. The van der Waals surface area contributed by atoms with Gasteiger partial charge in [0.25, 0.3) is 0 Å². The van der Waals surface area contributed by atoms with E-state index in [0.717, 1.165) is 24.5 Å². The fourth-order valence-corrected chi connectivity index (χ4v) is 2.26.